The molecule has 2 aliphatic rings. The van der Waals surface area contributed by atoms with E-state index >= 15 is 0 Å². The number of hydrogen-bond acceptors (Lipinski definition) is 6. The van der Waals surface area contributed by atoms with E-state index in [1.165, 1.54) is 54.6 Å². The number of carboxylic acids is 1. The molecule has 0 radical (unpaired) electrons. The number of nitrogens with one attached hydrogen (secondary N) is 1. The summed E-state index contributed by atoms with van der Waals surface area (Å²) in [6.07, 6.45) is 0. The van der Waals surface area contributed by atoms with Crippen LogP contribution in [0.25, 0.3) is 0 Å². The van der Waals surface area contributed by atoms with Gasteiger partial charge in [-0.2, -0.15) is 10.0 Å². The number of anilines is 1. The van der Waals surface area contributed by atoms with Gasteiger partial charge in [0, 0.05) is 11.3 Å². The van der Waals surface area contributed by atoms with Crippen molar-refractivity contribution in [3.63, 3.8) is 0 Å². The van der Waals surface area contributed by atoms with Gasteiger partial charge in [-0.15, -0.1) is 0 Å². The molecule has 2 heterocycles. The van der Waals surface area contributed by atoms with Crippen molar-refractivity contribution >= 4 is 41.2 Å². The third-order valence-corrected chi connectivity index (χ3v) is 5.47. The molecule has 3 aromatic carbocycles. The van der Waals surface area contributed by atoms with Crippen LogP contribution in [0, 0.1) is 0 Å². The molecule has 0 unspecified atom stereocenters. The van der Waals surface area contributed by atoms with Crippen LogP contribution in [0.15, 0.2) is 66.7 Å². The molecule has 0 aromatic heterocycles. The molecular weight excluding hydrogens is 442 g/mol. The Kier molecular flexibility index (Phi) is 4.57. The molecule has 0 aliphatic carbocycles. The maximum absolute atomic E-state index is 13.1. The van der Waals surface area contributed by atoms with Crippen LogP contribution in [0.1, 0.15) is 62.1 Å². The smallest absolute Gasteiger partial charge is 0.335 e. The number of amides is 5. The number of hydrazine groups is 1. The molecule has 2 aliphatic heterocycles. The van der Waals surface area contributed by atoms with E-state index in [-0.39, 0.29) is 39.1 Å². The second kappa shape index (κ2) is 7.48. The normalized spacial score (nSPS) is 14.4. The number of imide groups is 2. The molecule has 166 valence electrons. The van der Waals surface area contributed by atoms with Crippen LogP contribution in [0.5, 0.6) is 0 Å². The number of benzene rings is 3. The Bertz CT molecular complexity index is 1440. The zero-order valence-corrected chi connectivity index (χ0v) is 17.1. The summed E-state index contributed by atoms with van der Waals surface area (Å²) in [5.74, 6) is -5.19. The van der Waals surface area contributed by atoms with Gasteiger partial charge in [-0.05, 0) is 48.5 Å². The highest BCUT2D eigenvalue weighted by molar-refractivity contribution is 6.28. The van der Waals surface area contributed by atoms with Crippen molar-refractivity contribution in [1.29, 1.82) is 0 Å². The lowest BCUT2D eigenvalue weighted by molar-refractivity contribution is 0.00845. The van der Waals surface area contributed by atoms with Crippen molar-refractivity contribution in [2.75, 3.05) is 5.32 Å². The Morgan fingerprint density at radius 2 is 1.18 bits per heavy atom. The molecule has 0 saturated carbocycles. The van der Waals surface area contributed by atoms with Gasteiger partial charge in [0.15, 0.2) is 0 Å². The number of fused-ring (bicyclic) bond motifs is 2. The van der Waals surface area contributed by atoms with Crippen molar-refractivity contribution in [3.05, 3.63) is 100 Å². The molecule has 2 N–H and O–H groups in total. The van der Waals surface area contributed by atoms with Crippen molar-refractivity contribution < 1.29 is 33.9 Å². The Hall–Kier alpha value is -5.12. The second-order valence-corrected chi connectivity index (χ2v) is 7.49. The first-order valence-corrected chi connectivity index (χ1v) is 9.93. The van der Waals surface area contributed by atoms with Crippen molar-refractivity contribution in [3.8, 4) is 0 Å². The summed E-state index contributed by atoms with van der Waals surface area (Å²) < 4.78 is 0. The van der Waals surface area contributed by atoms with Crippen molar-refractivity contribution in [2.45, 2.75) is 0 Å². The number of nitrogens with zero attached hydrogens (tertiary/aromatic N) is 2. The molecule has 0 atom stereocenters. The zero-order valence-electron chi connectivity index (χ0n) is 17.1. The fraction of sp³-hybridized carbons (Fsp3) is 0. The highest BCUT2D eigenvalue weighted by atomic mass is 16.4. The van der Waals surface area contributed by atoms with Gasteiger partial charge in [-0.1, -0.05) is 18.2 Å². The average Bonchev–Trinajstić information content (AvgIpc) is 3.23. The van der Waals surface area contributed by atoms with Crippen LogP contribution < -0.4 is 5.32 Å². The first kappa shape index (κ1) is 20.8. The summed E-state index contributed by atoms with van der Waals surface area (Å²) >= 11 is 0. The summed E-state index contributed by atoms with van der Waals surface area (Å²) in [7, 11) is 0. The Balaban J connectivity index is 1.43. The van der Waals surface area contributed by atoms with E-state index in [4.69, 9.17) is 5.11 Å². The third-order valence-electron chi connectivity index (χ3n) is 5.47. The quantitative estimate of drug-likeness (QED) is 0.576. The first-order valence-electron chi connectivity index (χ1n) is 9.93. The molecule has 0 fully saturated rings. The third kappa shape index (κ3) is 3.05. The Labute approximate surface area is 191 Å². The Morgan fingerprint density at radius 3 is 1.76 bits per heavy atom. The average molecular weight is 455 g/mol. The molecule has 0 spiro atoms. The van der Waals surface area contributed by atoms with Gasteiger partial charge in [0.05, 0.1) is 27.8 Å². The number of carbonyl (C=O) groups excluding carboxylic acids is 5. The fourth-order valence-corrected chi connectivity index (χ4v) is 3.84. The summed E-state index contributed by atoms with van der Waals surface area (Å²) in [5, 5.41) is 12.6. The lowest BCUT2D eigenvalue weighted by Crippen LogP contribution is -2.49. The predicted octanol–water partition coefficient (Wildman–Crippen LogP) is 2.44. The largest absolute Gasteiger partial charge is 0.478 e. The topological polar surface area (TPSA) is 141 Å². The molecule has 34 heavy (non-hydrogen) atoms. The minimum atomic E-state index is -1.16. The summed E-state index contributed by atoms with van der Waals surface area (Å²) in [4.78, 5) is 75.3. The molecule has 3 aromatic rings. The maximum Gasteiger partial charge on any atom is 0.335 e. The van der Waals surface area contributed by atoms with Crippen LogP contribution in [-0.4, -0.2) is 50.6 Å². The van der Waals surface area contributed by atoms with Gasteiger partial charge in [-0.3, -0.25) is 24.0 Å². The number of carboxylic acid groups (broad SMARTS) is 1. The Morgan fingerprint density at radius 1 is 0.618 bits per heavy atom. The minimum Gasteiger partial charge on any atom is -0.478 e. The van der Waals surface area contributed by atoms with E-state index in [1.807, 2.05) is 0 Å². The number of aromatic carboxylic acids is 1. The van der Waals surface area contributed by atoms with Crippen molar-refractivity contribution in [1.82, 2.24) is 10.0 Å². The standard InChI is InChI=1S/C24H13N3O7/c28-19(25-14-5-3-4-13(10-14)24(33)34)12-8-9-17-18(11-12)23(32)27(22(17)31)26-20(29)15-6-1-2-7-16(15)21(26)30/h1-11H,(H,25,28)(H,33,34). The number of rotatable bonds is 4. The van der Waals surface area contributed by atoms with Gasteiger partial charge < -0.3 is 10.4 Å². The van der Waals surface area contributed by atoms with Gasteiger partial charge in [0.2, 0.25) is 0 Å². The maximum atomic E-state index is 13.1. The molecular formula is C24H13N3O7. The van der Waals surface area contributed by atoms with Crippen LogP contribution in [0.4, 0.5) is 5.69 Å². The van der Waals surface area contributed by atoms with Crippen LogP contribution in [-0.2, 0) is 0 Å². The van der Waals surface area contributed by atoms with Crippen LogP contribution >= 0.6 is 0 Å². The van der Waals surface area contributed by atoms with Crippen molar-refractivity contribution in [2.24, 2.45) is 0 Å². The molecule has 10 heteroatoms. The van der Waals surface area contributed by atoms with Gasteiger partial charge in [0.1, 0.15) is 0 Å². The first-order chi connectivity index (χ1) is 16.3. The number of hydrogen-bond donors (Lipinski definition) is 2. The molecule has 0 bridgehead atoms. The van der Waals surface area contributed by atoms with E-state index in [9.17, 15) is 28.8 Å². The lowest BCUT2D eigenvalue weighted by Gasteiger charge is -2.23. The number of carbonyl (C=O) groups is 6. The minimum absolute atomic E-state index is 0.0184. The van der Waals surface area contributed by atoms with Crippen LogP contribution in [0.2, 0.25) is 0 Å². The summed E-state index contributed by atoms with van der Waals surface area (Å²) in [6.45, 7) is 0. The highest BCUT2D eigenvalue weighted by Crippen LogP contribution is 2.31. The zero-order chi connectivity index (χ0) is 24.1. The van der Waals surface area contributed by atoms with Gasteiger partial charge in [0.25, 0.3) is 29.5 Å². The fourth-order valence-electron chi connectivity index (χ4n) is 3.84. The molecule has 5 rings (SSSR count). The summed E-state index contributed by atoms with van der Waals surface area (Å²) in [6, 6.07) is 15.3. The summed E-state index contributed by atoms with van der Waals surface area (Å²) in [5.41, 5.74) is 0.161. The van der Waals surface area contributed by atoms with E-state index in [1.54, 1.807) is 12.1 Å². The molecule has 5 amide bonds. The van der Waals surface area contributed by atoms with Gasteiger partial charge >= 0.3 is 5.97 Å². The molecule has 10 nitrogen and oxygen atoms in total. The molecule has 0 saturated heterocycles. The van der Waals surface area contributed by atoms with Crippen LogP contribution in [0.3, 0.4) is 0 Å². The predicted molar refractivity (Wildman–Crippen MR) is 115 cm³/mol. The second-order valence-electron chi connectivity index (χ2n) is 7.49. The monoisotopic (exact) mass is 455 g/mol. The van der Waals surface area contributed by atoms with E-state index < -0.39 is 35.5 Å². The van der Waals surface area contributed by atoms with E-state index in [0.717, 1.165) is 0 Å². The van der Waals surface area contributed by atoms with Gasteiger partial charge in [-0.25, -0.2) is 4.79 Å². The highest BCUT2D eigenvalue weighted by Gasteiger charge is 2.48. The van der Waals surface area contributed by atoms with E-state index in [0.29, 0.717) is 10.0 Å². The SMILES string of the molecule is O=C(O)c1cccc(NC(=O)c2ccc3c(c2)C(=O)N(N2C(=O)c4ccccc4C2=O)C3=O)c1. The lowest BCUT2D eigenvalue weighted by atomic mass is 10.1. The van der Waals surface area contributed by atoms with E-state index in [2.05, 4.69) is 5.32 Å².